The predicted octanol–water partition coefficient (Wildman–Crippen LogP) is 15.3. The first-order chi connectivity index (χ1) is 28.3. The quantitative estimate of drug-likeness (QED) is 0.165. The van der Waals surface area contributed by atoms with Crippen LogP contribution in [0, 0.1) is 0 Å². The van der Waals surface area contributed by atoms with E-state index < -0.39 is 0 Å². The lowest BCUT2D eigenvalue weighted by atomic mass is 9.97. The maximum absolute atomic E-state index is 6.91. The van der Waals surface area contributed by atoms with Crippen molar-refractivity contribution in [3.8, 4) is 16.8 Å². The van der Waals surface area contributed by atoms with Crippen LogP contribution in [0.1, 0.15) is 0 Å². The van der Waals surface area contributed by atoms with Gasteiger partial charge in [-0.2, -0.15) is 0 Å². The minimum absolute atomic E-state index is 0.858. The first-order valence-corrected chi connectivity index (χ1v) is 19.5. The number of nitrogens with zero attached hydrogens (tertiary/aromatic N) is 2. The van der Waals surface area contributed by atoms with E-state index in [1.165, 1.54) is 59.7 Å². The van der Waals surface area contributed by atoms with Gasteiger partial charge in [-0.1, -0.05) is 140 Å². The average molecular weight is 727 g/mol. The smallest absolute Gasteiger partial charge is 0.159 e. The summed E-state index contributed by atoms with van der Waals surface area (Å²) in [5.74, 6) is 0. The Bertz CT molecular complexity index is 3520. The van der Waals surface area contributed by atoms with Crippen molar-refractivity contribution in [2.45, 2.75) is 0 Å². The fraction of sp³-hybridized carbons (Fsp3) is 0. The SMILES string of the molecule is c1ccc(-n2c3ccccc3c3c(N(c4ccc(-c5ccc6ccc7ccccc7c6c5)cc4)c4cccc5c4oc4cc6ccccc6cc45)cccc32)cc1. The van der Waals surface area contributed by atoms with Gasteiger partial charge in [0.05, 0.1) is 22.4 Å². The summed E-state index contributed by atoms with van der Waals surface area (Å²) in [6.07, 6.45) is 0. The number of furan rings is 1. The maximum Gasteiger partial charge on any atom is 0.159 e. The number of para-hydroxylation sites is 3. The average Bonchev–Trinajstić information content (AvgIpc) is 3.82. The number of rotatable bonds is 5. The molecule has 0 N–H and O–H groups in total. The molecule has 0 aliphatic carbocycles. The Labute approximate surface area is 328 Å². The molecular formula is C54H34N2O. The van der Waals surface area contributed by atoms with Crippen molar-refractivity contribution in [1.82, 2.24) is 4.57 Å². The van der Waals surface area contributed by atoms with E-state index >= 15 is 0 Å². The largest absolute Gasteiger partial charge is 0.454 e. The van der Waals surface area contributed by atoms with Gasteiger partial charge in [0.1, 0.15) is 5.58 Å². The van der Waals surface area contributed by atoms with Crippen LogP contribution >= 0.6 is 0 Å². The molecule has 0 fully saturated rings. The van der Waals surface area contributed by atoms with Crippen LogP contribution in [-0.4, -0.2) is 4.57 Å². The molecule has 0 saturated heterocycles. The number of anilines is 3. The molecule has 2 aromatic heterocycles. The molecule has 0 spiro atoms. The lowest BCUT2D eigenvalue weighted by Crippen LogP contribution is -2.10. The van der Waals surface area contributed by atoms with Gasteiger partial charge in [-0.15, -0.1) is 0 Å². The number of hydrogen-bond donors (Lipinski definition) is 0. The molecule has 57 heavy (non-hydrogen) atoms. The van der Waals surface area contributed by atoms with E-state index in [9.17, 15) is 0 Å². The highest BCUT2D eigenvalue weighted by Crippen LogP contribution is 2.47. The lowest BCUT2D eigenvalue weighted by molar-refractivity contribution is 0.669. The molecule has 12 aromatic rings. The molecule has 0 bridgehead atoms. The highest BCUT2D eigenvalue weighted by molar-refractivity contribution is 6.19. The zero-order valence-corrected chi connectivity index (χ0v) is 30.9. The highest BCUT2D eigenvalue weighted by atomic mass is 16.3. The maximum atomic E-state index is 6.91. The summed E-state index contributed by atoms with van der Waals surface area (Å²) in [6.45, 7) is 0. The van der Waals surface area contributed by atoms with Crippen molar-refractivity contribution in [2.75, 3.05) is 4.90 Å². The summed E-state index contributed by atoms with van der Waals surface area (Å²) in [6, 6.07) is 74.5. The van der Waals surface area contributed by atoms with Crippen LogP contribution in [0.4, 0.5) is 17.1 Å². The zero-order valence-electron chi connectivity index (χ0n) is 30.9. The zero-order chi connectivity index (χ0) is 37.5. The number of benzene rings is 10. The number of aromatic nitrogens is 1. The Balaban J connectivity index is 1.10. The number of fused-ring (bicyclic) bond motifs is 10. The molecule has 0 atom stereocenters. The van der Waals surface area contributed by atoms with E-state index in [-0.39, 0.29) is 0 Å². The molecule has 266 valence electrons. The summed E-state index contributed by atoms with van der Waals surface area (Å²) in [7, 11) is 0. The van der Waals surface area contributed by atoms with E-state index in [0.29, 0.717) is 0 Å². The Kier molecular flexibility index (Phi) is 6.93. The number of hydrogen-bond acceptors (Lipinski definition) is 2. The standard InChI is InChI=1S/C54H34N2O/c1-2-15-41(16-3-1)55-48-20-9-8-18-45(48)53-49(55)21-11-22-50(53)56(51-23-10-19-44-47-33-38-13-4-5-14-39(38)34-52(47)57-54(44)51)42-30-28-35(29-31-42)40-27-26-37-25-24-36-12-6-7-17-43(36)46(37)32-40/h1-34H. The molecule has 3 heteroatoms. The van der Waals surface area contributed by atoms with Gasteiger partial charge in [-0.3, -0.25) is 0 Å². The van der Waals surface area contributed by atoms with Crippen LogP contribution < -0.4 is 4.90 Å². The monoisotopic (exact) mass is 726 g/mol. The summed E-state index contributed by atoms with van der Waals surface area (Å²) in [5.41, 5.74) is 10.7. The van der Waals surface area contributed by atoms with Gasteiger partial charge in [-0.25, -0.2) is 0 Å². The van der Waals surface area contributed by atoms with E-state index in [4.69, 9.17) is 4.42 Å². The molecule has 10 aromatic carbocycles. The highest BCUT2D eigenvalue weighted by Gasteiger charge is 2.24. The molecule has 3 nitrogen and oxygen atoms in total. The summed E-state index contributed by atoms with van der Waals surface area (Å²) < 4.78 is 9.29. The van der Waals surface area contributed by atoms with Crippen molar-refractivity contribution in [3.05, 3.63) is 206 Å². The van der Waals surface area contributed by atoms with Gasteiger partial charge in [0.2, 0.25) is 0 Å². The first kappa shape index (κ1) is 31.7. The third-order valence-electron chi connectivity index (χ3n) is 11.7. The second kappa shape index (κ2) is 12.5. The Hall–Kier alpha value is -7.62. The topological polar surface area (TPSA) is 21.3 Å². The van der Waals surface area contributed by atoms with Crippen LogP contribution in [0.2, 0.25) is 0 Å². The Morgan fingerprint density at radius 3 is 1.82 bits per heavy atom. The predicted molar refractivity (Wildman–Crippen MR) is 241 cm³/mol. The van der Waals surface area contributed by atoms with Crippen molar-refractivity contribution in [1.29, 1.82) is 0 Å². The van der Waals surface area contributed by atoms with Crippen LogP contribution in [0.15, 0.2) is 211 Å². The molecule has 2 heterocycles. The summed E-state index contributed by atoms with van der Waals surface area (Å²) >= 11 is 0. The van der Waals surface area contributed by atoms with Crippen molar-refractivity contribution < 1.29 is 4.42 Å². The third kappa shape index (κ3) is 4.92. The van der Waals surface area contributed by atoms with E-state index in [1.807, 2.05) is 0 Å². The molecule has 0 saturated carbocycles. The minimum atomic E-state index is 0.858. The molecule has 0 amide bonds. The molecule has 0 aliphatic heterocycles. The van der Waals surface area contributed by atoms with E-state index in [0.717, 1.165) is 50.2 Å². The van der Waals surface area contributed by atoms with E-state index in [2.05, 4.69) is 216 Å². The Morgan fingerprint density at radius 2 is 0.982 bits per heavy atom. The summed E-state index contributed by atoms with van der Waals surface area (Å²) in [5, 5.41) is 12.0. The Morgan fingerprint density at radius 1 is 0.368 bits per heavy atom. The van der Waals surface area contributed by atoms with Gasteiger partial charge in [0.15, 0.2) is 5.58 Å². The van der Waals surface area contributed by atoms with E-state index in [1.54, 1.807) is 0 Å². The first-order valence-electron chi connectivity index (χ1n) is 19.5. The second-order valence-corrected chi connectivity index (χ2v) is 14.9. The molecule has 0 aliphatic rings. The van der Waals surface area contributed by atoms with Crippen LogP contribution in [0.5, 0.6) is 0 Å². The second-order valence-electron chi connectivity index (χ2n) is 14.9. The summed E-state index contributed by atoms with van der Waals surface area (Å²) in [4.78, 5) is 2.40. The van der Waals surface area contributed by atoms with Gasteiger partial charge in [-0.05, 0) is 110 Å². The van der Waals surface area contributed by atoms with Gasteiger partial charge < -0.3 is 13.9 Å². The van der Waals surface area contributed by atoms with Crippen LogP contribution in [-0.2, 0) is 0 Å². The fourth-order valence-corrected chi connectivity index (χ4v) is 9.08. The molecule has 0 radical (unpaired) electrons. The molecular weight excluding hydrogens is 693 g/mol. The fourth-order valence-electron chi connectivity index (χ4n) is 9.08. The normalized spacial score (nSPS) is 11.9. The van der Waals surface area contributed by atoms with Crippen molar-refractivity contribution in [3.63, 3.8) is 0 Å². The van der Waals surface area contributed by atoms with Gasteiger partial charge >= 0.3 is 0 Å². The lowest BCUT2D eigenvalue weighted by Gasteiger charge is -2.27. The van der Waals surface area contributed by atoms with Crippen LogP contribution in [0.3, 0.4) is 0 Å². The van der Waals surface area contributed by atoms with Crippen molar-refractivity contribution in [2.24, 2.45) is 0 Å². The minimum Gasteiger partial charge on any atom is -0.454 e. The van der Waals surface area contributed by atoms with Crippen LogP contribution in [0.25, 0.3) is 92.9 Å². The third-order valence-corrected chi connectivity index (χ3v) is 11.7. The van der Waals surface area contributed by atoms with Crippen molar-refractivity contribution >= 4 is 93.1 Å². The molecule has 12 rings (SSSR count). The molecule has 0 unspecified atom stereocenters. The van der Waals surface area contributed by atoms with Gasteiger partial charge in [0, 0.05) is 32.9 Å². The van der Waals surface area contributed by atoms with Gasteiger partial charge in [0.25, 0.3) is 0 Å².